The predicted molar refractivity (Wildman–Crippen MR) is 158 cm³/mol. The maximum absolute atomic E-state index is 12.0. The number of halogens is 1. The second kappa shape index (κ2) is 14.5. The minimum atomic E-state index is -0.171. The molecular weight excluding hydrogens is 510 g/mol. The van der Waals surface area contributed by atoms with Crippen LogP contribution in [0, 0.1) is 0 Å². The van der Waals surface area contributed by atoms with Crippen molar-refractivity contribution in [2.45, 2.75) is 18.9 Å². The van der Waals surface area contributed by atoms with E-state index in [-0.39, 0.29) is 23.4 Å². The fourth-order valence-electron chi connectivity index (χ4n) is 4.82. The molecule has 0 spiro atoms. The fraction of sp³-hybridized carbons (Fsp3) is 0.281. The number of rotatable bonds is 11. The normalized spacial score (nSPS) is 15.6. The highest BCUT2D eigenvalue weighted by Crippen LogP contribution is 2.30. The number of nitrogens with one attached hydrogen (secondary N) is 1. The largest absolute Gasteiger partial charge is 0.504 e. The summed E-state index contributed by atoms with van der Waals surface area (Å²) in [5, 5.41) is 22.6. The molecular formula is C32H36ClN3O3. The van der Waals surface area contributed by atoms with Crippen LogP contribution in [-0.4, -0.2) is 65.2 Å². The van der Waals surface area contributed by atoms with Gasteiger partial charge in [-0.05, 0) is 60.3 Å². The number of amides is 1. The minimum absolute atomic E-state index is 0.129. The number of carbonyl (C=O) groups excluding carboxylic acids is 1. The molecule has 3 N–H and O–H groups in total. The third kappa shape index (κ3) is 8.72. The zero-order valence-electron chi connectivity index (χ0n) is 22.0. The first-order valence-electron chi connectivity index (χ1n) is 13.4. The second-order valence-electron chi connectivity index (χ2n) is 9.71. The molecule has 7 heteroatoms. The number of carbonyl (C=O) groups is 1. The molecule has 1 aliphatic rings. The van der Waals surface area contributed by atoms with Crippen LogP contribution in [0.5, 0.6) is 11.5 Å². The Morgan fingerprint density at radius 3 is 2.31 bits per heavy atom. The van der Waals surface area contributed by atoms with E-state index in [0.29, 0.717) is 6.54 Å². The molecule has 1 aliphatic heterocycles. The summed E-state index contributed by atoms with van der Waals surface area (Å²) in [6.07, 6.45) is 8.58. The van der Waals surface area contributed by atoms with Gasteiger partial charge in [0.2, 0.25) is 5.91 Å². The van der Waals surface area contributed by atoms with E-state index >= 15 is 0 Å². The Hall–Kier alpha value is -3.58. The number of allylic oxidation sites excluding steroid dienone is 2. The van der Waals surface area contributed by atoms with E-state index in [1.54, 1.807) is 24.3 Å². The fourth-order valence-corrected chi connectivity index (χ4v) is 4.95. The summed E-state index contributed by atoms with van der Waals surface area (Å²) in [5.41, 5.74) is 3.30. The van der Waals surface area contributed by atoms with E-state index < -0.39 is 0 Å². The van der Waals surface area contributed by atoms with Crippen molar-refractivity contribution in [3.05, 3.63) is 113 Å². The van der Waals surface area contributed by atoms with E-state index in [4.69, 9.17) is 11.6 Å². The van der Waals surface area contributed by atoms with Crippen LogP contribution in [0.1, 0.15) is 35.6 Å². The summed E-state index contributed by atoms with van der Waals surface area (Å²) in [7, 11) is 0. The summed E-state index contributed by atoms with van der Waals surface area (Å²) >= 11 is 6.15. The Kier molecular flexibility index (Phi) is 10.6. The summed E-state index contributed by atoms with van der Waals surface area (Å²) in [6, 6.07) is 23.7. The maximum Gasteiger partial charge on any atom is 0.243 e. The molecule has 0 saturated carbocycles. The van der Waals surface area contributed by atoms with Gasteiger partial charge in [0, 0.05) is 43.8 Å². The maximum atomic E-state index is 12.0. The second-order valence-corrected chi connectivity index (χ2v) is 10.1. The van der Waals surface area contributed by atoms with Crippen LogP contribution in [0.3, 0.4) is 0 Å². The molecule has 1 heterocycles. The van der Waals surface area contributed by atoms with Crippen LogP contribution in [0.4, 0.5) is 0 Å². The van der Waals surface area contributed by atoms with E-state index in [1.165, 1.54) is 29.3 Å². The van der Waals surface area contributed by atoms with Crippen molar-refractivity contribution in [1.29, 1.82) is 0 Å². The molecule has 4 rings (SSSR count). The predicted octanol–water partition coefficient (Wildman–Crippen LogP) is 5.62. The molecule has 3 aromatic rings. The number of hydrogen-bond donors (Lipinski definition) is 3. The number of hydrogen-bond acceptors (Lipinski definition) is 5. The molecule has 1 atom stereocenters. The minimum Gasteiger partial charge on any atom is -0.504 e. The number of phenolic OH excluding ortho intramolecular Hbond substituents is 2. The Labute approximate surface area is 235 Å². The SMILES string of the molecule is O=C(C=CC=Cc1ccc(O)c(O)c1)NCCCCN1CCN(C(c2ccccc2)c2ccc(Cl)cc2)CC1. The first-order chi connectivity index (χ1) is 19.0. The third-order valence-corrected chi connectivity index (χ3v) is 7.17. The molecule has 1 unspecified atom stereocenters. The molecule has 1 amide bonds. The molecule has 6 nitrogen and oxygen atoms in total. The molecule has 0 aliphatic carbocycles. The summed E-state index contributed by atoms with van der Waals surface area (Å²) in [4.78, 5) is 17.1. The van der Waals surface area contributed by atoms with E-state index in [1.807, 2.05) is 12.1 Å². The summed E-state index contributed by atoms with van der Waals surface area (Å²) in [6.45, 7) is 5.72. The van der Waals surface area contributed by atoms with Gasteiger partial charge in [-0.15, -0.1) is 0 Å². The molecule has 39 heavy (non-hydrogen) atoms. The zero-order valence-corrected chi connectivity index (χ0v) is 22.8. The van der Waals surface area contributed by atoms with Crippen molar-refractivity contribution in [3.63, 3.8) is 0 Å². The number of unbranched alkanes of at least 4 members (excludes halogenated alkanes) is 1. The number of nitrogens with zero attached hydrogens (tertiary/aromatic N) is 2. The number of piperazine rings is 1. The van der Waals surface area contributed by atoms with Crippen molar-refractivity contribution in [2.75, 3.05) is 39.3 Å². The van der Waals surface area contributed by atoms with Gasteiger partial charge in [-0.1, -0.05) is 78.4 Å². The van der Waals surface area contributed by atoms with E-state index in [0.717, 1.165) is 56.2 Å². The third-order valence-electron chi connectivity index (χ3n) is 6.92. The first kappa shape index (κ1) is 28.4. The summed E-state index contributed by atoms with van der Waals surface area (Å²) in [5.74, 6) is -0.457. The Morgan fingerprint density at radius 2 is 1.59 bits per heavy atom. The van der Waals surface area contributed by atoms with E-state index in [9.17, 15) is 15.0 Å². The quantitative estimate of drug-likeness (QED) is 0.126. The molecule has 1 saturated heterocycles. The molecule has 1 fully saturated rings. The molecule has 3 aromatic carbocycles. The Morgan fingerprint density at radius 1 is 0.872 bits per heavy atom. The molecule has 0 bridgehead atoms. The highest BCUT2D eigenvalue weighted by atomic mass is 35.5. The lowest BCUT2D eigenvalue weighted by Gasteiger charge is -2.40. The van der Waals surface area contributed by atoms with Crippen molar-refractivity contribution in [3.8, 4) is 11.5 Å². The highest BCUT2D eigenvalue weighted by molar-refractivity contribution is 6.30. The standard InChI is InChI=1S/C32H36ClN3O3/c33-28-15-13-27(14-16-28)32(26-9-2-1-3-10-26)36-22-20-35(21-23-36)19-7-6-18-34-31(39)11-5-4-8-25-12-17-29(37)30(38)24-25/h1-5,8-17,24,32,37-38H,6-7,18-23H2,(H,34,39). The molecule has 0 radical (unpaired) electrons. The van der Waals surface area contributed by atoms with Gasteiger partial charge in [0.15, 0.2) is 11.5 Å². The van der Waals surface area contributed by atoms with Crippen molar-refractivity contribution in [2.24, 2.45) is 0 Å². The van der Waals surface area contributed by atoms with Crippen molar-refractivity contribution < 1.29 is 15.0 Å². The van der Waals surface area contributed by atoms with E-state index in [2.05, 4.69) is 57.6 Å². The van der Waals surface area contributed by atoms with Gasteiger partial charge in [0.25, 0.3) is 0 Å². The number of phenols is 2. The summed E-state index contributed by atoms with van der Waals surface area (Å²) < 4.78 is 0. The topological polar surface area (TPSA) is 76.0 Å². The van der Waals surface area contributed by atoms with Crippen LogP contribution in [-0.2, 0) is 4.79 Å². The highest BCUT2D eigenvalue weighted by Gasteiger charge is 2.26. The Bertz CT molecular complexity index is 1250. The van der Waals surface area contributed by atoms with Gasteiger partial charge in [0.05, 0.1) is 6.04 Å². The van der Waals surface area contributed by atoms with Crippen molar-refractivity contribution >= 4 is 23.6 Å². The molecule has 0 aromatic heterocycles. The van der Waals surface area contributed by atoms with Gasteiger partial charge >= 0.3 is 0 Å². The van der Waals surface area contributed by atoms with Gasteiger partial charge in [0.1, 0.15) is 0 Å². The van der Waals surface area contributed by atoms with Crippen molar-refractivity contribution in [1.82, 2.24) is 15.1 Å². The zero-order chi connectivity index (χ0) is 27.5. The lowest BCUT2D eigenvalue weighted by atomic mass is 9.96. The Balaban J connectivity index is 1.15. The lowest BCUT2D eigenvalue weighted by molar-refractivity contribution is -0.116. The van der Waals surface area contributed by atoms with Crippen LogP contribution < -0.4 is 5.32 Å². The van der Waals surface area contributed by atoms with Crippen LogP contribution in [0.15, 0.2) is 91.0 Å². The van der Waals surface area contributed by atoms with Crippen LogP contribution in [0.2, 0.25) is 5.02 Å². The average Bonchev–Trinajstić information content (AvgIpc) is 2.95. The first-order valence-corrected chi connectivity index (χ1v) is 13.8. The molecule has 204 valence electrons. The van der Waals surface area contributed by atoms with Gasteiger partial charge in [-0.2, -0.15) is 0 Å². The van der Waals surface area contributed by atoms with Gasteiger partial charge < -0.3 is 20.4 Å². The number of aromatic hydroxyl groups is 2. The van der Waals surface area contributed by atoms with Gasteiger partial charge in [-0.3, -0.25) is 9.69 Å². The smallest absolute Gasteiger partial charge is 0.243 e. The average molecular weight is 546 g/mol. The van der Waals surface area contributed by atoms with Gasteiger partial charge in [-0.25, -0.2) is 0 Å². The monoisotopic (exact) mass is 545 g/mol. The lowest BCUT2D eigenvalue weighted by Crippen LogP contribution is -2.48. The van der Waals surface area contributed by atoms with Crippen LogP contribution in [0.25, 0.3) is 6.08 Å². The van der Waals surface area contributed by atoms with Crippen LogP contribution >= 0.6 is 11.6 Å². The number of benzene rings is 3.